The van der Waals surface area contributed by atoms with Gasteiger partial charge in [-0.05, 0) is 80.6 Å². The molecular formula is C29H26Br2N4O5. The number of non-ortho nitro benzene ring substituents is 1. The fourth-order valence-corrected chi connectivity index (χ4v) is 5.79. The highest BCUT2D eigenvalue weighted by molar-refractivity contribution is 9.13. The van der Waals surface area contributed by atoms with Crippen LogP contribution in [0.25, 0.3) is 10.9 Å². The number of methoxy groups -OCH3 is 1. The summed E-state index contributed by atoms with van der Waals surface area (Å²) in [5, 5.41) is 16.1. The molecule has 1 aromatic heterocycles. The summed E-state index contributed by atoms with van der Waals surface area (Å²) in [4.78, 5) is 28.9. The summed E-state index contributed by atoms with van der Waals surface area (Å²) < 4.78 is 14.3. The van der Waals surface area contributed by atoms with Gasteiger partial charge in [0.15, 0.2) is 11.5 Å². The van der Waals surface area contributed by atoms with Crippen LogP contribution in [0.4, 0.5) is 5.69 Å². The maximum atomic E-state index is 13.5. The summed E-state index contributed by atoms with van der Waals surface area (Å²) in [6.45, 7) is 0.176. The van der Waals surface area contributed by atoms with E-state index in [1.807, 2.05) is 18.2 Å². The van der Waals surface area contributed by atoms with Crippen molar-refractivity contribution in [3.63, 3.8) is 0 Å². The van der Waals surface area contributed by atoms with E-state index in [1.54, 1.807) is 30.5 Å². The summed E-state index contributed by atoms with van der Waals surface area (Å²) in [5.41, 5.74) is 1.93. The molecule has 0 bridgehead atoms. The Morgan fingerprint density at radius 1 is 1.10 bits per heavy atom. The highest BCUT2D eigenvalue weighted by atomic mass is 79.9. The van der Waals surface area contributed by atoms with Crippen LogP contribution in [-0.4, -0.2) is 27.9 Å². The lowest BCUT2D eigenvalue weighted by Crippen LogP contribution is -2.25. The van der Waals surface area contributed by atoms with Crippen LogP contribution in [0, 0.1) is 10.1 Å². The Kier molecular flexibility index (Phi) is 8.60. The molecule has 206 valence electrons. The molecule has 1 aliphatic carbocycles. The first-order valence-electron chi connectivity index (χ1n) is 12.9. The van der Waals surface area contributed by atoms with Gasteiger partial charge >= 0.3 is 0 Å². The van der Waals surface area contributed by atoms with Gasteiger partial charge in [-0.2, -0.15) is 9.78 Å². The van der Waals surface area contributed by atoms with Gasteiger partial charge in [-0.15, -0.1) is 0 Å². The first-order valence-corrected chi connectivity index (χ1v) is 14.4. The first kappa shape index (κ1) is 28.0. The van der Waals surface area contributed by atoms with Gasteiger partial charge in [-0.3, -0.25) is 14.9 Å². The van der Waals surface area contributed by atoms with Gasteiger partial charge in [0.2, 0.25) is 0 Å². The van der Waals surface area contributed by atoms with Gasteiger partial charge in [0, 0.05) is 28.1 Å². The van der Waals surface area contributed by atoms with Crippen molar-refractivity contribution in [1.29, 1.82) is 0 Å². The number of hydrogen-bond donors (Lipinski definition) is 0. The molecule has 40 heavy (non-hydrogen) atoms. The average Bonchev–Trinajstić information content (AvgIpc) is 2.98. The van der Waals surface area contributed by atoms with Gasteiger partial charge in [0.1, 0.15) is 12.4 Å². The molecule has 0 atom stereocenters. The highest BCUT2D eigenvalue weighted by Gasteiger charge is 2.23. The van der Waals surface area contributed by atoms with Crippen LogP contribution in [0.1, 0.15) is 55.0 Å². The van der Waals surface area contributed by atoms with Gasteiger partial charge in [-0.1, -0.05) is 31.4 Å². The third kappa shape index (κ3) is 5.80. The zero-order valence-electron chi connectivity index (χ0n) is 21.7. The van der Waals surface area contributed by atoms with E-state index in [1.165, 1.54) is 30.3 Å². The van der Waals surface area contributed by atoms with E-state index >= 15 is 0 Å². The monoisotopic (exact) mass is 668 g/mol. The number of aromatic nitrogens is 2. The fourth-order valence-electron chi connectivity index (χ4n) is 4.85. The summed E-state index contributed by atoms with van der Waals surface area (Å²) >= 11 is 7.21. The number of nitro benzene ring substituents is 1. The van der Waals surface area contributed by atoms with E-state index in [0.29, 0.717) is 42.7 Å². The largest absolute Gasteiger partial charge is 0.493 e. The fraction of sp³-hybridized carbons (Fsp3) is 0.276. The van der Waals surface area contributed by atoms with Crippen LogP contribution in [-0.2, 0) is 6.61 Å². The zero-order chi connectivity index (χ0) is 28.2. The standard InChI is InChI=1S/C29H26Br2N4O5/c1-39-24-15-20(25(30)26(31)27(24)40-17-18-11-13-21(14-12-18)35(37)38)16-32-34-28(19-7-3-2-4-8-19)33-23-10-6-5-9-22(23)29(34)36/h5-6,9-16,19H,2-4,7-8,17H2,1H3. The number of benzene rings is 3. The Morgan fingerprint density at radius 3 is 2.52 bits per heavy atom. The van der Waals surface area contributed by atoms with Crippen molar-refractivity contribution in [2.75, 3.05) is 7.11 Å². The van der Waals surface area contributed by atoms with Gasteiger partial charge < -0.3 is 9.47 Å². The molecule has 0 spiro atoms. The Balaban J connectivity index is 1.48. The highest BCUT2D eigenvalue weighted by Crippen LogP contribution is 2.42. The second-order valence-corrected chi connectivity index (χ2v) is 11.1. The van der Waals surface area contributed by atoms with Crippen molar-refractivity contribution in [3.05, 3.63) is 101 Å². The number of rotatable bonds is 8. The summed E-state index contributed by atoms with van der Waals surface area (Å²) in [5.74, 6) is 1.76. The molecule has 5 rings (SSSR count). The van der Waals surface area contributed by atoms with Crippen LogP contribution >= 0.6 is 31.9 Å². The van der Waals surface area contributed by atoms with E-state index in [9.17, 15) is 14.9 Å². The van der Waals surface area contributed by atoms with E-state index in [-0.39, 0.29) is 23.8 Å². The van der Waals surface area contributed by atoms with Crippen LogP contribution in [0.3, 0.4) is 0 Å². The lowest BCUT2D eigenvalue weighted by Gasteiger charge is -2.22. The molecule has 1 heterocycles. The number of para-hydroxylation sites is 1. The van der Waals surface area contributed by atoms with Crippen molar-refractivity contribution in [2.45, 2.75) is 44.6 Å². The maximum Gasteiger partial charge on any atom is 0.282 e. The SMILES string of the molecule is COc1cc(C=Nn2c(C3CCCCC3)nc3ccccc3c2=O)c(Br)c(Br)c1OCc1ccc([N+](=O)[O-])cc1. The van der Waals surface area contributed by atoms with Gasteiger partial charge in [0.05, 0.1) is 33.6 Å². The smallest absolute Gasteiger partial charge is 0.282 e. The molecule has 0 N–H and O–H groups in total. The molecule has 0 unspecified atom stereocenters. The number of nitro groups is 1. The van der Waals surface area contributed by atoms with E-state index in [0.717, 1.165) is 31.2 Å². The van der Waals surface area contributed by atoms with Crippen LogP contribution in [0.15, 0.2) is 73.4 Å². The van der Waals surface area contributed by atoms with E-state index in [4.69, 9.17) is 14.5 Å². The molecule has 0 radical (unpaired) electrons. The Bertz CT molecular complexity index is 1650. The minimum atomic E-state index is -0.443. The quantitative estimate of drug-likeness (QED) is 0.110. The second kappa shape index (κ2) is 12.3. The third-order valence-electron chi connectivity index (χ3n) is 6.97. The van der Waals surface area contributed by atoms with Crippen LogP contribution in [0.2, 0.25) is 0 Å². The molecule has 0 saturated heterocycles. The molecule has 0 amide bonds. The zero-order valence-corrected chi connectivity index (χ0v) is 24.9. The lowest BCUT2D eigenvalue weighted by molar-refractivity contribution is -0.384. The number of fused-ring (bicyclic) bond motifs is 1. The number of nitrogens with zero attached hydrogens (tertiary/aromatic N) is 4. The van der Waals surface area contributed by atoms with Crippen molar-refractivity contribution in [1.82, 2.24) is 9.66 Å². The van der Waals surface area contributed by atoms with Crippen LogP contribution < -0.4 is 15.0 Å². The molecule has 9 nitrogen and oxygen atoms in total. The average molecular weight is 670 g/mol. The number of ether oxygens (including phenoxy) is 2. The predicted octanol–water partition coefficient (Wildman–Crippen LogP) is 7.35. The number of halogens is 2. The van der Waals surface area contributed by atoms with Crippen molar-refractivity contribution in [3.8, 4) is 11.5 Å². The van der Waals surface area contributed by atoms with Crippen molar-refractivity contribution in [2.24, 2.45) is 5.10 Å². The Hall–Kier alpha value is -3.57. The maximum absolute atomic E-state index is 13.5. The first-order chi connectivity index (χ1) is 19.4. The number of hydrogen-bond acceptors (Lipinski definition) is 7. The second-order valence-electron chi connectivity index (χ2n) is 9.52. The molecule has 1 saturated carbocycles. The molecule has 0 aliphatic heterocycles. The predicted molar refractivity (Wildman–Crippen MR) is 161 cm³/mol. The van der Waals surface area contributed by atoms with Gasteiger partial charge in [-0.25, -0.2) is 4.98 Å². The Morgan fingerprint density at radius 2 is 1.82 bits per heavy atom. The molecular weight excluding hydrogens is 644 g/mol. The molecule has 3 aromatic carbocycles. The Labute approximate surface area is 247 Å². The third-order valence-corrected chi connectivity index (χ3v) is 9.11. The summed E-state index contributed by atoms with van der Waals surface area (Å²) in [7, 11) is 1.54. The van der Waals surface area contributed by atoms with Crippen molar-refractivity contribution < 1.29 is 14.4 Å². The van der Waals surface area contributed by atoms with E-state index < -0.39 is 4.92 Å². The summed E-state index contributed by atoms with van der Waals surface area (Å²) in [6, 6.07) is 15.3. The molecule has 11 heteroatoms. The molecule has 1 fully saturated rings. The van der Waals surface area contributed by atoms with Crippen molar-refractivity contribution >= 4 is 54.7 Å². The van der Waals surface area contributed by atoms with Crippen LogP contribution in [0.5, 0.6) is 11.5 Å². The topological polar surface area (TPSA) is 109 Å². The molecule has 4 aromatic rings. The normalized spacial score (nSPS) is 14.1. The van der Waals surface area contributed by atoms with Gasteiger partial charge in [0.25, 0.3) is 11.2 Å². The minimum absolute atomic E-state index is 0.0151. The van der Waals surface area contributed by atoms with E-state index in [2.05, 4.69) is 37.0 Å². The minimum Gasteiger partial charge on any atom is -0.493 e. The molecule has 1 aliphatic rings. The summed E-state index contributed by atoms with van der Waals surface area (Å²) in [6.07, 6.45) is 6.97. The lowest BCUT2D eigenvalue weighted by atomic mass is 9.88.